The monoisotopic (exact) mass is 261 g/mol. The first-order valence-electron chi connectivity index (χ1n) is 6.20. The Labute approximate surface area is 112 Å². The molecule has 0 radical (unpaired) electrons. The molecule has 3 N–H and O–H groups in total. The Morgan fingerprint density at radius 3 is 2.84 bits per heavy atom. The molecular formula is C14H19N3O2. The molecule has 0 fully saturated rings. The number of para-hydroxylation sites is 1. The molecule has 5 nitrogen and oxygen atoms in total. The van der Waals surface area contributed by atoms with Crippen molar-refractivity contribution in [2.24, 2.45) is 12.8 Å². The van der Waals surface area contributed by atoms with Crippen LogP contribution in [-0.2, 0) is 18.4 Å². The van der Waals surface area contributed by atoms with Crippen LogP contribution in [0.1, 0.15) is 5.56 Å². The molecule has 0 saturated heterocycles. The lowest BCUT2D eigenvalue weighted by Gasteiger charge is -2.19. The van der Waals surface area contributed by atoms with E-state index in [4.69, 9.17) is 5.73 Å². The largest absolute Gasteiger partial charge is 0.382 e. The van der Waals surface area contributed by atoms with E-state index in [0.717, 1.165) is 16.5 Å². The summed E-state index contributed by atoms with van der Waals surface area (Å²) in [5.41, 5.74) is 7.47. The fourth-order valence-electron chi connectivity index (χ4n) is 2.24. The smallest absolute Gasteiger partial charge is 0.252 e. The molecule has 1 amide bonds. The van der Waals surface area contributed by atoms with Gasteiger partial charge in [0.15, 0.2) is 0 Å². The van der Waals surface area contributed by atoms with Crippen LogP contribution in [0.25, 0.3) is 10.9 Å². The molecule has 5 heteroatoms. The van der Waals surface area contributed by atoms with E-state index >= 15 is 0 Å². The molecule has 1 atom stereocenters. The van der Waals surface area contributed by atoms with Crippen LogP contribution in [0.2, 0.25) is 0 Å². The minimum atomic E-state index is -1.13. The molecular weight excluding hydrogens is 242 g/mol. The first-order chi connectivity index (χ1) is 9.04. The van der Waals surface area contributed by atoms with Gasteiger partial charge in [0.1, 0.15) is 6.10 Å². The number of aryl methyl sites for hydroxylation is 1. The predicted octanol–water partition coefficient (Wildman–Crippen LogP) is 0.456. The zero-order valence-corrected chi connectivity index (χ0v) is 11.2. The van der Waals surface area contributed by atoms with E-state index in [9.17, 15) is 9.90 Å². The Morgan fingerprint density at radius 2 is 2.16 bits per heavy atom. The maximum Gasteiger partial charge on any atom is 0.252 e. The van der Waals surface area contributed by atoms with E-state index in [0.29, 0.717) is 6.54 Å². The van der Waals surface area contributed by atoms with Crippen molar-refractivity contribution in [3.05, 3.63) is 36.0 Å². The van der Waals surface area contributed by atoms with Gasteiger partial charge in [0.2, 0.25) is 0 Å². The van der Waals surface area contributed by atoms with Crippen molar-refractivity contribution in [1.82, 2.24) is 9.47 Å². The third-order valence-corrected chi connectivity index (χ3v) is 3.27. The summed E-state index contributed by atoms with van der Waals surface area (Å²) in [7, 11) is 3.64. The topological polar surface area (TPSA) is 71.5 Å². The Hall–Kier alpha value is -1.85. The van der Waals surface area contributed by atoms with Crippen LogP contribution in [0.5, 0.6) is 0 Å². The summed E-state index contributed by atoms with van der Waals surface area (Å²) in [6.45, 7) is 0.399. The summed E-state index contributed by atoms with van der Waals surface area (Å²) in [6, 6.07) is 8.03. The number of rotatable bonds is 4. The summed E-state index contributed by atoms with van der Waals surface area (Å²) in [4.78, 5) is 13.3. The van der Waals surface area contributed by atoms with Crippen LogP contribution in [-0.4, -0.2) is 40.2 Å². The van der Waals surface area contributed by atoms with Gasteiger partial charge in [0.05, 0.1) is 0 Å². The number of hydrogen-bond donors (Lipinski definition) is 2. The second-order valence-corrected chi connectivity index (χ2v) is 4.73. The molecule has 0 bridgehead atoms. The molecule has 102 valence electrons. The number of hydrogen-bond acceptors (Lipinski definition) is 3. The highest BCUT2D eigenvalue weighted by Gasteiger charge is 2.19. The van der Waals surface area contributed by atoms with Gasteiger partial charge in [-0.15, -0.1) is 0 Å². The summed E-state index contributed by atoms with van der Waals surface area (Å²) < 4.78 is 2.03. The van der Waals surface area contributed by atoms with E-state index in [2.05, 4.69) is 0 Å². The summed E-state index contributed by atoms with van der Waals surface area (Å²) in [6.07, 6.45) is 0.878. The minimum Gasteiger partial charge on any atom is -0.382 e. The number of fused-ring (bicyclic) bond motifs is 1. The van der Waals surface area contributed by atoms with E-state index < -0.39 is 6.10 Å². The number of benzene rings is 1. The number of aliphatic hydroxyl groups is 1. The molecule has 19 heavy (non-hydrogen) atoms. The molecule has 0 aliphatic rings. The van der Waals surface area contributed by atoms with Crippen LogP contribution in [0, 0.1) is 0 Å². The van der Waals surface area contributed by atoms with E-state index in [1.807, 2.05) is 42.1 Å². The average molecular weight is 261 g/mol. The molecule has 0 aliphatic heterocycles. The van der Waals surface area contributed by atoms with Gasteiger partial charge in [-0.3, -0.25) is 4.79 Å². The molecule has 0 saturated carbocycles. The lowest BCUT2D eigenvalue weighted by Crippen LogP contribution is -2.40. The number of carbonyl (C=O) groups is 1. The summed E-state index contributed by atoms with van der Waals surface area (Å²) in [5, 5.41) is 10.6. The second-order valence-electron chi connectivity index (χ2n) is 4.73. The highest BCUT2D eigenvalue weighted by atomic mass is 16.3. The highest BCUT2D eigenvalue weighted by Crippen LogP contribution is 2.21. The van der Waals surface area contributed by atoms with Crippen molar-refractivity contribution in [3.8, 4) is 0 Å². The standard InChI is InChI=1S/C14H19N3O2/c1-16-8-10(11-5-3-4-6-12(11)16)9-17(2)14(19)13(18)7-15/h3-6,8,13,18H,7,9,15H2,1-2H3. The average Bonchev–Trinajstić information content (AvgIpc) is 2.74. The van der Waals surface area contributed by atoms with Crippen molar-refractivity contribution in [2.45, 2.75) is 12.6 Å². The van der Waals surface area contributed by atoms with Crippen molar-refractivity contribution in [3.63, 3.8) is 0 Å². The van der Waals surface area contributed by atoms with Crippen LogP contribution in [0.3, 0.4) is 0 Å². The molecule has 0 spiro atoms. The lowest BCUT2D eigenvalue weighted by molar-refractivity contribution is -0.138. The van der Waals surface area contributed by atoms with Gasteiger partial charge in [-0.25, -0.2) is 0 Å². The third-order valence-electron chi connectivity index (χ3n) is 3.27. The molecule has 2 aromatic rings. The van der Waals surface area contributed by atoms with Crippen LogP contribution in [0.4, 0.5) is 0 Å². The van der Waals surface area contributed by atoms with Crippen LogP contribution < -0.4 is 5.73 Å². The Bertz CT molecular complexity index is 591. The lowest BCUT2D eigenvalue weighted by atomic mass is 10.1. The number of nitrogens with zero attached hydrogens (tertiary/aromatic N) is 2. The van der Waals surface area contributed by atoms with Crippen molar-refractivity contribution in [2.75, 3.05) is 13.6 Å². The van der Waals surface area contributed by atoms with Gasteiger partial charge < -0.3 is 20.3 Å². The molecule has 1 unspecified atom stereocenters. The zero-order valence-electron chi connectivity index (χ0n) is 11.2. The van der Waals surface area contributed by atoms with E-state index in [1.54, 1.807) is 7.05 Å². The fourth-order valence-corrected chi connectivity index (χ4v) is 2.24. The summed E-state index contributed by atoms with van der Waals surface area (Å²) >= 11 is 0. The second kappa shape index (κ2) is 5.42. The van der Waals surface area contributed by atoms with Crippen molar-refractivity contribution in [1.29, 1.82) is 0 Å². The van der Waals surface area contributed by atoms with Gasteiger partial charge in [0.25, 0.3) is 5.91 Å². The van der Waals surface area contributed by atoms with Crippen molar-refractivity contribution < 1.29 is 9.90 Å². The van der Waals surface area contributed by atoms with Crippen LogP contribution in [0.15, 0.2) is 30.5 Å². The SMILES string of the molecule is CN(Cc1cn(C)c2ccccc12)C(=O)C(O)CN. The van der Waals surface area contributed by atoms with Crippen molar-refractivity contribution >= 4 is 16.8 Å². The maximum absolute atomic E-state index is 11.8. The number of nitrogens with two attached hydrogens (primary N) is 1. The maximum atomic E-state index is 11.8. The van der Waals surface area contributed by atoms with E-state index in [-0.39, 0.29) is 12.5 Å². The molecule has 1 aromatic carbocycles. The first kappa shape index (κ1) is 13.6. The molecule has 1 aromatic heterocycles. The Kier molecular flexibility index (Phi) is 3.87. The highest BCUT2D eigenvalue weighted by molar-refractivity contribution is 5.85. The van der Waals surface area contributed by atoms with Gasteiger partial charge in [-0.1, -0.05) is 18.2 Å². The quantitative estimate of drug-likeness (QED) is 0.839. The number of likely N-dealkylation sites (N-methyl/N-ethyl adjacent to an activating group) is 1. The fraction of sp³-hybridized carbons (Fsp3) is 0.357. The Balaban J connectivity index is 2.24. The molecule has 2 rings (SSSR count). The number of carbonyl (C=O) groups excluding carboxylic acids is 1. The first-order valence-corrected chi connectivity index (χ1v) is 6.20. The van der Waals surface area contributed by atoms with Gasteiger partial charge in [-0.2, -0.15) is 0 Å². The zero-order chi connectivity index (χ0) is 14.0. The third kappa shape index (κ3) is 2.62. The van der Waals surface area contributed by atoms with Gasteiger partial charge in [0, 0.05) is 44.3 Å². The minimum absolute atomic E-state index is 0.0568. The predicted molar refractivity (Wildman–Crippen MR) is 74.5 cm³/mol. The normalized spacial score (nSPS) is 12.6. The van der Waals surface area contributed by atoms with Gasteiger partial charge in [-0.05, 0) is 11.6 Å². The molecule has 0 aliphatic carbocycles. The number of aliphatic hydroxyl groups excluding tert-OH is 1. The molecule has 1 heterocycles. The number of aromatic nitrogens is 1. The number of amides is 1. The Morgan fingerprint density at radius 1 is 1.47 bits per heavy atom. The van der Waals surface area contributed by atoms with E-state index in [1.165, 1.54) is 4.90 Å². The van der Waals surface area contributed by atoms with Gasteiger partial charge >= 0.3 is 0 Å². The summed E-state index contributed by atoms with van der Waals surface area (Å²) in [5.74, 6) is -0.351. The van der Waals surface area contributed by atoms with Crippen LogP contribution >= 0.6 is 0 Å².